The van der Waals surface area contributed by atoms with E-state index in [2.05, 4.69) is 25.6 Å². The number of allylic oxidation sites excluding steroid dienone is 3. The Morgan fingerprint density at radius 2 is 2.12 bits per heavy atom. The molecule has 0 bridgehead atoms. The van der Waals surface area contributed by atoms with Crippen molar-refractivity contribution in [3.05, 3.63) is 60.2 Å². The van der Waals surface area contributed by atoms with Crippen LogP contribution in [0.25, 0.3) is 0 Å². The molecule has 0 amide bonds. The minimum Gasteiger partial charge on any atom is -0.289 e. The van der Waals surface area contributed by atoms with Crippen molar-refractivity contribution < 1.29 is 4.79 Å². The van der Waals surface area contributed by atoms with Gasteiger partial charge in [-0.25, -0.2) is 0 Å². The molecule has 0 unspecified atom stereocenters. The van der Waals surface area contributed by atoms with Crippen molar-refractivity contribution in [2.75, 3.05) is 0 Å². The molecule has 0 saturated heterocycles. The summed E-state index contributed by atoms with van der Waals surface area (Å²) in [4.78, 5) is 11.8. The van der Waals surface area contributed by atoms with E-state index in [1.807, 2.05) is 24.3 Å². The van der Waals surface area contributed by atoms with Gasteiger partial charge in [-0.3, -0.25) is 4.79 Å². The maximum Gasteiger partial charge on any atom is 0.185 e. The number of benzene rings is 1. The van der Waals surface area contributed by atoms with Crippen molar-refractivity contribution in [2.45, 2.75) is 31.6 Å². The van der Waals surface area contributed by atoms with Crippen LogP contribution in [0.4, 0.5) is 0 Å². The number of hydrogen-bond acceptors (Lipinski definition) is 1. The summed E-state index contributed by atoms with van der Waals surface area (Å²) in [6, 6.07) is 7.94. The molecule has 1 aromatic carbocycles. The van der Waals surface area contributed by atoms with E-state index in [4.69, 9.17) is 0 Å². The molecular formula is C16H18O. The highest BCUT2D eigenvalue weighted by Crippen LogP contribution is 2.36. The molecule has 0 saturated carbocycles. The predicted molar refractivity (Wildman–Crippen MR) is 71.3 cm³/mol. The predicted octanol–water partition coefficient (Wildman–Crippen LogP) is 4.05. The Hall–Kier alpha value is -1.63. The number of carbonyl (C=O) groups excluding carboxylic acids is 1. The van der Waals surface area contributed by atoms with Crippen LogP contribution in [0.3, 0.4) is 0 Å². The lowest BCUT2D eigenvalue weighted by molar-refractivity contribution is 0.104. The summed E-state index contributed by atoms with van der Waals surface area (Å²) in [5, 5.41) is 0. The Bertz CT molecular complexity index is 470. The first-order valence-corrected chi connectivity index (χ1v) is 6.11. The van der Waals surface area contributed by atoms with Gasteiger partial charge < -0.3 is 0 Å². The summed E-state index contributed by atoms with van der Waals surface area (Å²) in [7, 11) is 0. The van der Waals surface area contributed by atoms with E-state index in [0.717, 1.165) is 30.4 Å². The minimum atomic E-state index is -0.00644. The second-order valence-electron chi connectivity index (χ2n) is 4.84. The lowest BCUT2D eigenvalue weighted by Crippen LogP contribution is -2.25. The third kappa shape index (κ3) is 2.23. The summed E-state index contributed by atoms with van der Waals surface area (Å²) in [6.45, 7) is 5.96. The van der Waals surface area contributed by atoms with Crippen LogP contribution in [0.15, 0.2) is 49.1 Å². The van der Waals surface area contributed by atoms with Crippen LogP contribution in [0.1, 0.15) is 42.1 Å². The van der Waals surface area contributed by atoms with Crippen LogP contribution in [0.5, 0.6) is 0 Å². The molecule has 0 aromatic heterocycles. The van der Waals surface area contributed by atoms with E-state index < -0.39 is 0 Å². The van der Waals surface area contributed by atoms with Crippen LogP contribution in [-0.2, 0) is 5.41 Å². The first-order valence-electron chi connectivity index (χ1n) is 6.11. The highest BCUT2D eigenvalue weighted by atomic mass is 16.1. The zero-order valence-electron chi connectivity index (χ0n) is 10.3. The SMILES string of the molecule is C=CCCC[C@]1(C)C=CC(=O)c2ccccc21. The van der Waals surface area contributed by atoms with E-state index in [9.17, 15) is 4.79 Å². The van der Waals surface area contributed by atoms with Crippen LogP contribution in [0, 0.1) is 0 Å². The Kier molecular flexibility index (Phi) is 3.28. The molecule has 17 heavy (non-hydrogen) atoms. The number of rotatable bonds is 4. The molecule has 1 heteroatoms. The number of fused-ring (bicyclic) bond motifs is 1. The number of unbranched alkanes of at least 4 members (excludes halogenated alkanes) is 1. The fourth-order valence-corrected chi connectivity index (χ4v) is 2.47. The third-order valence-electron chi connectivity index (χ3n) is 3.51. The van der Waals surface area contributed by atoms with Crippen LogP contribution < -0.4 is 0 Å². The molecule has 0 N–H and O–H groups in total. The van der Waals surface area contributed by atoms with Crippen LogP contribution in [0.2, 0.25) is 0 Å². The fraction of sp³-hybridized carbons (Fsp3) is 0.312. The van der Waals surface area contributed by atoms with Gasteiger partial charge >= 0.3 is 0 Å². The topological polar surface area (TPSA) is 17.1 Å². The zero-order valence-corrected chi connectivity index (χ0v) is 10.3. The standard InChI is InChI=1S/C16H18O/c1-3-4-7-11-16(2)12-10-15(17)13-8-5-6-9-14(13)16/h3,5-6,8-10,12H,1,4,7,11H2,2H3/t16-/m1/s1. The molecule has 0 spiro atoms. The van der Waals surface area contributed by atoms with E-state index in [-0.39, 0.29) is 11.2 Å². The monoisotopic (exact) mass is 226 g/mol. The van der Waals surface area contributed by atoms with Gasteiger partial charge in [0.25, 0.3) is 0 Å². The summed E-state index contributed by atoms with van der Waals surface area (Å²) < 4.78 is 0. The lowest BCUT2D eigenvalue weighted by Gasteiger charge is -2.31. The fourth-order valence-electron chi connectivity index (χ4n) is 2.47. The van der Waals surface area contributed by atoms with Gasteiger partial charge in [-0.1, -0.05) is 43.3 Å². The van der Waals surface area contributed by atoms with E-state index in [1.54, 1.807) is 6.08 Å². The van der Waals surface area contributed by atoms with Gasteiger partial charge in [-0.15, -0.1) is 6.58 Å². The quantitative estimate of drug-likeness (QED) is 0.559. The molecule has 0 heterocycles. The average Bonchev–Trinajstić information content (AvgIpc) is 2.35. The highest BCUT2D eigenvalue weighted by molar-refractivity contribution is 6.07. The van der Waals surface area contributed by atoms with Crippen molar-refractivity contribution >= 4 is 5.78 Å². The van der Waals surface area contributed by atoms with Gasteiger partial charge in [0.2, 0.25) is 0 Å². The second kappa shape index (κ2) is 4.70. The van der Waals surface area contributed by atoms with Crippen molar-refractivity contribution in [1.29, 1.82) is 0 Å². The maximum atomic E-state index is 11.8. The molecule has 0 radical (unpaired) electrons. The summed E-state index contributed by atoms with van der Waals surface area (Å²) in [6.07, 6.45) is 8.91. The summed E-state index contributed by atoms with van der Waals surface area (Å²) in [5.74, 6) is 0.127. The van der Waals surface area contributed by atoms with Crippen molar-refractivity contribution in [3.8, 4) is 0 Å². The molecule has 1 atom stereocenters. The molecule has 88 valence electrons. The highest BCUT2D eigenvalue weighted by Gasteiger charge is 2.30. The van der Waals surface area contributed by atoms with Gasteiger partial charge in [0.05, 0.1) is 0 Å². The molecule has 1 aromatic rings. The first-order chi connectivity index (χ1) is 8.17. The molecule has 1 aliphatic rings. The Morgan fingerprint density at radius 1 is 1.35 bits per heavy atom. The van der Waals surface area contributed by atoms with Crippen LogP contribution in [-0.4, -0.2) is 5.78 Å². The van der Waals surface area contributed by atoms with Gasteiger partial charge in [-0.05, 0) is 30.9 Å². The Labute approximate surface area is 103 Å². The first kappa shape index (κ1) is 11.8. The normalized spacial score (nSPS) is 22.3. The van der Waals surface area contributed by atoms with Gasteiger partial charge in [0, 0.05) is 11.0 Å². The smallest absolute Gasteiger partial charge is 0.185 e. The number of carbonyl (C=O) groups is 1. The van der Waals surface area contributed by atoms with E-state index in [1.165, 1.54) is 0 Å². The van der Waals surface area contributed by atoms with Crippen molar-refractivity contribution in [2.24, 2.45) is 0 Å². The van der Waals surface area contributed by atoms with Crippen molar-refractivity contribution in [1.82, 2.24) is 0 Å². The average molecular weight is 226 g/mol. The third-order valence-corrected chi connectivity index (χ3v) is 3.51. The maximum absolute atomic E-state index is 11.8. The lowest BCUT2D eigenvalue weighted by atomic mass is 9.72. The largest absolute Gasteiger partial charge is 0.289 e. The molecular weight excluding hydrogens is 208 g/mol. The second-order valence-corrected chi connectivity index (χ2v) is 4.84. The van der Waals surface area contributed by atoms with Gasteiger partial charge in [-0.2, -0.15) is 0 Å². The van der Waals surface area contributed by atoms with Gasteiger partial charge in [0.15, 0.2) is 5.78 Å². The Balaban J connectivity index is 2.32. The molecule has 1 nitrogen and oxygen atoms in total. The van der Waals surface area contributed by atoms with E-state index in [0.29, 0.717) is 0 Å². The number of hydrogen-bond donors (Lipinski definition) is 0. The zero-order chi connectivity index (χ0) is 12.3. The van der Waals surface area contributed by atoms with Crippen molar-refractivity contribution in [3.63, 3.8) is 0 Å². The number of ketones is 1. The Morgan fingerprint density at radius 3 is 2.88 bits per heavy atom. The van der Waals surface area contributed by atoms with Gasteiger partial charge in [0.1, 0.15) is 0 Å². The minimum absolute atomic E-state index is 0.00644. The molecule has 0 fully saturated rings. The molecule has 1 aliphatic carbocycles. The molecule has 2 rings (SSSR count). The molecule has 0 aliphatic heterocycles. The summed E-state index contributed by atoms with van der Waals surface area (Å²) >= 11 is 0. The van der Waals surface area contributed by atoms with Crippen LogP contribution >= 0.6 is 0 Å². The van der Waals surface area contributed by atoms with E-state index >= 15 is 0 Å². The summed E-state index contributed by atoms with van der Waals surface area (Å²) in [5.41, 5.74) is 2.01.